The third-order valence-electron chi connectivity index (χ3n) is 14.3. The first-order valence-electron chi connectivity index (χ1n) is 24.1. The predicted octanol–water partition coefficient (Wildman–Crippen LogP) is 9.05. The minimum Gasteiger partial charge on any atom is -0.494 e. The summed E-state index contributed by atoms with van der Waals surface area (Å²) in [7, 11) is 3.91. The number of piperidine rings is 2. The second-order valence-corrected chi connectivity index (χ2v) is 18.3. The fraction of sp³-hybridized carbons (Fsp3) is 0.358. The Morgan fingerprint density at radius 3 is 1.47 bits per heavy atom. The van der Waals surface area contributed by atoms with E-state index in [1.54, 1.807) is 29.5 Å². The lowest BCUT2D eigenvalue weighted by Crippen LogP contribution is -2.37. The summed E-state index contributed by atoms with van der Waals surface area (Å²) in [6, 6.07) is 10.7. The van der Waals surface area contributed by atoms with Gasteiger partial charge >= 0.3 is 0 Å². The van der Waals surface area contributed by atoms with Gasteiger partial charge in [-0.25, -0.2) is 27.5 Å². The van der Waals surface area contributed by atoms with E-state index in [1.807, 2.05) is 29.2 Å². The first-order chi connectivity index (χ1) is 35.5. The second-order valence-electron chi connectivity index (χ2n) is 18.3. The molecular formula is C53H52F4N12O4. The second kappa shape index (κ2) is 20.7. The van der Waals surface area contributed by atoms with E-state index in [9.17, 15) is 10.5 Å². The number of likely N-dealkylation sites (tertiary alicyclic amines) is 2. The highest BCUT2D eigenvalue weighted by Gasteiger charge is 2.28. The van der Waals surface area contributed by atoms with Crippen molar-refractivity contribution in [3.05, 3.63) is 118 Å². The standard InChI is InChI=1S/C53H52F4N12O4/c1-5-66-10-6-34(7-11-66)68-28-40(42(22-58)64-68)33-17-37-31(25-61-53(37)63-27-33)19-39-50(56)46(72-4)21-47(51(39)57)73-15-14-67-12-8-35(9-13-67)69-29-41(43(23-59)65-69)32-16-36-30(24-60-52(36)62-26-32)18-38-48(54)44(70-2)20-45(71-3)49(38)55/h16-17,20-21,24-29,34-35H,5-15,18-19H2,1-4H3,(H,60,62)(H,61,63). The number of fused-ring (bicyclic) bond motifs is 2. The van der Waals surface area contributed by atoms with Gasteiger partial charge in [0.1, 0.15) is 30.0 Å². The van der Waals surface area contributed by atoms with Gasteiger partial charge in [-0.3, -0.25) is 14.3 Å². The number of hydrogen-bond donors (Lipinski definition) is 2. The van der Waals surface area contributed by atoms with Gasteiger partial charge in [0.05, 0.1) is 33.4 Å². The lowest BCUT2D eigenvalue weighted by molar-refractivity contribution is 0.150. The molecule has 2 aliphatic rings. The van der Waals surface area contributed by atoms with Gasteiger partial charge in [0.2, 0.25) is 0 Å². The van der Waals surface area contributed by atoms with E-state index >= 15 is 17.6 Å². The van der Waals surface area contributed by atoms with Gasteiger partial charge in [0, 0.05) is 139 Å². The minimum absolute atomic E-state index is 0.0244. The Labute approximate surface area is 417 Å². The van der Waals surface area contributed by atoms with Gasteiger partial charge in [-0.1, -0.05) is 6.92 Å². The first-order valence-corrected chi connectivity index (χ1v) is 24.1. The summed E-state index contributed by atoms with van der Waals surface area (Å²) >= 11 is 0. The molecule has 0 radical (unpaired) electrons. The van der Waals surface area contributed by atoms with E-state index < -0.39 is 23.3 Å². The van der Waals surface area contributed by atoms with Crippen LogP contribution in [0.3, 0.4) is 0 Å². The van der Waals surface area contributed by atoms with Gasteiger partial charge < -0.3 is 33.8 Å². The van der Waals surface area contributed by atoms with E-state index in [0.29, 0.717) is 87.9 Å². The molecule has 2 N–H and O–H groups in total. The summed E-state index contributed by atoms with van der Waals surface area (Å²) in [6.07, 6.45) is 13.4. The lowest BCUT2D eigenvalue weighted by atomic mass is 10.0. The predicted molar refractivity (Wildman–Crippen MR) is 263 cm³/mol. The third kappa shape index (κ3) is 9.39. The quantitative estimate of drug-likeness (QED) is 0.0878. The maximum Gasteiger partial charge on any atom is 0.171 e. The van der Waals surface area contributed by atoms with Crippen molar-refractivity contribution < 1.29 is 36.5 Å². The number of H-pyrrole nitrogens is 2. The Balaban J connectivity index is 0.794. The van der Waals surface area contributed by atoms with Crippen LogP contribution in [0, 0.1) is 45.9 Å². The maximum absolute atomic E-state index is 16.4. The molecule has 0 atom stereocenters. The maximum atomic E-state index is 16.4. The van der Waals surface area contributed by atoms with Crippen LogP contribution < -0.4 is 18.9 Å². The number of nitrogens with one attached hydrogen (secondary N) is 2. The first kappa shape index (κ1) is 48.7. The molecule has 73 heavy (non-hydrogen) atoms. The minimum atomic E-state index is -0.832. The number of nitriles is 2. The van der Waals surface area contributed by atoms with Crippen molar-refractivity contribution in [3.63, 3.8) is 0 Å². The molecule has 0 aliphatic carbocycles. The summed E-state index contributed by atoms with van der Waals surface area (Å²) in [4.78, 5) is 19.9. The van der Waals surface area contributed by atoms with Gasteiger partial charge in [0.15, 0.2) is 57.7 Å². The highest BCUT2D eigenvalue weighted by atomic mass is 19.1. The number of aromatic amines is 2. The Hall–Kier alpha value is -7.94. The normalized spacial score (nSPS) is 15.0. The van der Waals surface area contributed by atoms with Crippen molar-refractivity contribution in [2.75, 3.05) is 67.2 Å². The average molecular weight is 997 g/mol. The van der Waals surface area contributed by atoms with Gasteiger partial charge in [0.25, 0.3) is 0 Å². The van der Waals surface area contributed by atoms with Crippen LogP contribution in [-0.4, -0.2) is 117 Å². The van der Waals surface area contributed by atoms with Crippen molar-refractivity contribution >= 4 is 22.1 Å². The fourth-order valence-corrected chi connectivity index (χ4v) is 10.2. The summed E-state index contributed by atoms with van der Waals surface area (Å²) in [5.41, 5.74) is 4.77. The van der Waals surface area contributed by atoms with Crippen LogP contribution in [-0.2, 0) is 12.8 Å². The third-order valence-corrected chi connectivity index (χ3v) is 14.3. The Kier molecular flexibility index (Phi) is 13.8. The number of methoxy groups -OCH3 is 3. The molecule has 0 saturated carbocycles. The Morgan fingerprint density at radius 2 is 1.04 bits per heavy atom. The van der Waals surface area contributed by atoms with E-state index in [1.165, 1.54) is 27.4 Å². The van der Waals surface area contributed by atoms with E-state index in [4.69, 9.17) is 18.9 Å². The molecule has 16 nitrogen and oxygen atoms in total. The Bertz CT molecular complexity index is 3400. The van der Waals surface area contributed by atoms with Crippen LogP contribution in [0.25, 0.3) is 44.3 Å². The van der Waals surface area contributed by atoms with Crippen LogP contribution in [0.4, 0.5) is 17.6 Å². The molecule has 20 heteroatoms. The molecule has 2 fully saturated rings. The fourth-order valence-electron chi connectivity index (χ4n) is 10.2. The largest absolute Gasteiger partial charge is 0.494 e. The zero-order chi connectivity index (χ0) is 50.9. The molecule has 0 bridgehead atoms. The SMILES string of the molecule is CCN1CCC(n2cc(-c3cnc4[nH]cc(Cc5c(F)c(OC)cc(OCCN6CCC(n7cc(-c8cnc9[nH]cc(Cc%10c(F)c(OC)cc(OC)c%10F)c9c8)c(C#N)n7)CC6)c5F)c4c3)c(C#N)n2)CC1. The molecule has 0 amide bonds. The van der Waals surface area contributed by atoms with Crippen LogP contribution in [0.2, 0.25) is 0 Å². The van der Waals surface area contributed by atoms with Gasteiger partial charge in [-0.15, -0.1) is 0 Å². The molecular weight excluding hydrogens is 945 g/mol. The van der Waals surface area contributed by atoms with Crippen molar-refractivity contribution in [2.45, 2.75) is 57.5 Å². The van der Waals surface area contributed by atoms with E-state index in [2.05, 4.69) is 59.0 Å². The number of rotatable bonds is 16. The molecule has 376 valence electrons. The summed E-state index contributed by atoms with van der Waals surface area (Å²) < 4.78 is 88.3. The number of benzene rings is 2. The van der Waals surface area contributed by atoms with Crippen LogP contribution >= 0.6 is 0 Å². The van der Waals surface area contributed by atoms with Gasteiger partial charge in [-0.2, -0.15) is 20.7 Å². The number of nitrogens with zero attached hydrogens (tertiary/aromatic N) is 10. The number of aromatic nitrogens is 8. The summed E-state index contributed by atoms with van der Waals surface area (Å²) in [6.45, 7) is 6.99. The molecule has 0 spiro atoms. The molecule has 6 aromatic heterocycles. The number of hydrogen-bond acceptors (Lipinski definition) is 12. The summed E-state index contributed by atoms with van der Waals surface area (Å²) in [5, 5.41) is 30.8. The number of ether oxygens (including phenoxy) is 4. The molecule has 2 aromatic carbocycles. The molecule has 2 saturated heterocycles. The van der Waals surface area contributed by atoms with Gasteiger partial charge in [-0.05, 0) is 55.5 Å². The topological polar surface area (TPSA) is 184 Å². The van der Waals surface area contributed by atoms with Crippen molar-refractivity contribution in [1.82, 2.24) is 49.3 Å². The molecule has 10 rings (SSSR count). The molecule has 0 unspecified atom stereocenters. The zero-order valence-corrected chi connectivity index (χ0v) is 40.7. The van der Waals surface area contributed by atoms with E-state index in [-0.39, 0.29) is 77.0 Å². The number of pyridine rings is 2. The smallest absolute Gasteiger partial charge is 0.171 e. The van der Waals surface area contributed by atoms with Crippen molar-refractivity contribution in [3.8, 4) is 57.4 Å². The zero-order valence-electron chi connectivity index (χ0n) is 40.7. The molecule has 8 heterocycles. The highest BCUT2D eigenvalue weighted by Crippen LogP contribution is 2.38. The molecule has 8 aromatic rings. The average Bonchev–Trinajstić information content (AvgIpc) is 4.25. The van der Waals surface area contributed by atoms with Crippen molar-refractivity contribution in [1.29, 1.82) is 10.5 Å². The van der Waals surface area contributed by atoms with Crippen molar-refractivity contribution in [2.24, 2.45) is 0 Å². The monoisotopic (exact) mass is 996 g/mol. The molecule has 2 aliphatic heterocycles. The van der Waals surface area contributed by atoms with E-state index in [0.717, 1.165) is 38.5 Å². The van der Waals surface area contributed by atoms with Crippen LogP contribution in [0.5, 0.6) is 23.0 Å². The summed E-state index contributed by atoms with van der Waals surface area (Å²) in [5.74, 6) is -3.89. The van der Waals surface area contributed by atoms with Crippen LogP contribution in [0.15, 0.2) is 61.4 Å². The Morgan fingerprint density at radius 1 is 0.616 bits per heavy atom. The highest BCUT2D eigenvalue weighted by molar-refractivity contribution is 5.87. The lowest BCUT2D eigenvalue weighted by Gasteiger charge is -2.31. The number of halogens is 4. The van der Waals surface area contributed by atoms with Crippen LogP contribution in [0.1, 0.15) is 78.3 Å².